The first-order valence-electron chi connectivity index (χ1n) is 4.77. The maximum absolute atomic E-state index is 5.25. The summed E-state index contributed by atoms with van der Waals surface area (Å²) in [6, 6.07) is 10.5. The average molecular weight is 179 g/mol. The first kappa shape index (κ1) is 10.2. The van der Waals surface area contributed by atoms with Crippen LogP contribution in [0.4, 0.5) is 0 Å². The van der Waals surface area contributed by atoms with Gasteiger partial charge in [0, 0.05) is 0 Å². The molecule has 72 valence electrons. The summed E-state index contributed by atoms with van der Waals surface area (Å²) in [4.78, 5) is 5.25. The highest BCUT2D eigenvalue weighted by Crippen LogP contribution is 2.10. The number of hydroxylamine groups is 1. The topological polar surface area (TPSA) is 21.3 Å². The molecule has 0 aliphatic rings. The molecule has 0 saturated heterocycles. The van der Waals surface area contributed by atoms with E-state index in [1.165, 1.54) is 5.56 Å². The van der Waals surface area contributed by atoms with Gasteiger partial charge in [0.2, 0.25) is 0 Å². The van der Waals surface area contributed by atoms with E-state index in [-0.39, 0.29) is 6.04 Å². The van der Waals surface area contributed by atoms with Gasteiger partial charge in [0.25, 0.3) is 0 Å². The zero-order chi connectivity index (χ0) is 9.52. The van der Waals surface area contributed by atoms with E-state index >= 15 is 0 Å². The molecule has 0 aliphatic heterocycles. The smallest absolute Gasteiger partial charge is 0.0679 e. The van der Waals surface area contributed by atoms with Crippen LogP contribution < -0.4 is 5.48 Å². The average Bonchev–Trinajstić information content (AvgIpc) is 2.19. The van der Waals surface area contributed by atoms with Crippen LogP contribution in [0.3, 0.4) is 0 Å². The Kier molecular flexibility index (Phi) is 4.50. The van der Waals surface area contributed by atoms with Crippen LogP contribution in [0.1, 0.15) is 31.9 Å². The summed E-state index contributed by atoms with van der Waals surface area (Å²) in [5, 5.41) is 0. The molecule has 0 unspecified atom stereocenters. The highest BCUT2D eigenvalue weighted by molar-refractivity contribution is 5.17. The normalized spacial score (nSPS) is 12.8. The predicted molar refractivity (Wildman–Crippen MR) is 54.2 cm³/mol. The first-order valence-corrected chi connectivity index (χ1v) is 4.77. The fourth-order valence-corrected chi connectivity index (χ4v) is 1.10. The van der Waals surface area contributed by atoms with Gasteiger partial charge in [-0.05, 0) is 18.9 Å². The second-order valence-electron chi connectivity index (χ2n) is 3.10. The van der Waals surface area contributed by atoms with Crippen molar-refractivity contribution in [3.63, 3.8) is 0 Å². The van der Waals surface area contributed by atoms with Gasteiger partial charge in [0.05, 0.1) is 12.6 Å². The summed E-state index contributed by atoms with van der Waals surface area (Å²) in [6.45, 7) is 4.94. The lowest BCUT2D eigenvalue weighted by molar-refractivity contribution is 0.0200. The minimum Gasteiger partial charge on any atom is -0.301 e. The third-order valence-corrected chi connectivity index (χ3v) is 1.87. The van der Waals surface area contributed by atoms with Gasteiger partial charge >= 0.3 is 0 Å². The van der Waals surface area contributed by atoms with E-state index < -0.39 is 0 Å². The zero-order valence-corrected chi connectivity index (χ0v) is 8.29. The van der Waals surface area contributed by atoms with Crippen molar-refractivity contribution in [1.29, 1.82) is 0 Å². The molecule has 1 aromatic rings. The van der Waals surface area contributed by atoms with Gasteiger partial charge in [0.1, 0.15) is 0 Å². The lowest BCUT2D eigenvalue weighted by Gasteiger charge is -2.13. The molecule has 1 atom stereocenters. The molecular formula is C11H17NO. The molecule has 0 radical (unpaired) electrons. The van der Waals surface area contributed by atoms with Crippen LogP contribution in [0.5, 0.6) is 0 Å². The fraction of sp³-hybridized carbons (Fsp3) is 0.455. The quantitative estimate of drug-likeness (QED) is 0.554. The van der Waals surface area contributed by atoms with Crippen LogP contribution in [0.2, 0.25) is 0 Å². The van der Waals surface area contributed by atoms with Crippen LogP contribution in [-0.2, 0) is 4.84 Å². The molecule has 2 heteroatoms. The third kappa shape index (κ3) is 3.57. The third-order valence-electron chi connectivity index (χ3n) is 1.87. The van der Waals surface area contributed by atoms with E-state index in [0.29, 0.717) is 0 Å². The van der Waals surface area contributed by atoms with Crippen LogP contribution in [0.25, 0.3) is 0 Å². The maximum atomic E-state index is 5.25. The monoisotopic (exact) mass is 179 g/mol. The summed E-state index contributed by atoms with van der Waals surface area (Å²) < 4.78 is 0. The molecule has 0 fully saturated rings. The molecule has 0 aromatic heterocycles. The Labute approximate surface area is 79.9 Å². The zero-order valence-electron chi connectivity index (χ0n) is 8.29. The van der Waals surface area contributed by atoms with E-state index in [2.05, 4.69) is 31.5 Å². The Bertz CT molecular complexity index is 223. The van der Waals surface area contributed by atoms with E-state index in [9.17, 15) is 0 Å². The molecule has 0 aliphatic carbocycles. The molecular weight excluding hydrogens is 162 g/mol. The van der Waals surface area contributed by atoms with Gasteiger partial charge in [-0.3, -0.25) is 0 Å². The van der Waals surface area contributed by atoms with Crippen molar-refractivity contribution in [2.75, 3.05) is 6.61 Å². The lowest BCUT2D eigenvalue weighted by atomic mass is 10.1. The van der Waals surface area contributed by atoms with Gasteiger partial charge in [0.15, 0.2) is 0 Å². The molecule has 0 bridgehead atoms. The van der Waals surface area contributed by atoms with Crippen molar-refractivity contribution >= 4 is 0 Å². The maximum Gasteiger partial charge on any atom is 0.0679 e. The largest absolute Gasteiger partial charge is 0.301 e. The van der Waals surface area contributed by atoms with Gasteiger partial charge in [-0.15, -0.1) is 0 Å². The summed E-state index contributed by atoms with van der Waals surface area (Å²) in [5.41, 5.74) is 4.25. The number of benzene rings is 1. The van der Waals surface area contributed by atoms with Crippen LogP contribution in [-0.4, -0.2) is 6.61 Å². The molecule has 0 amide bonds. The minimum atomic E-state index is 0.257. The molecule has 0 spiro atoms. The van der Waals surface area contributed by atoms with E-state index in [0.717, 1.165) is 13.0 Å². The Balaban J connectivity index is 2.35. The summed E-state index contributed by atoms with van der Waals surface area (Å²) in [7, 11) is 0. The Morgan fingerprint density at radius 2 is 2.00 bits per heavy atom. The van der Waals surface area contributed by atoms with Crippen molar-refractivity contribution < 1.29 is 4.84 Å². The molecule has 0 saturated carbocycles. The van der Waals surface area contributed by atoms with Crippen molar-refractivity contribution in [3.8, 4) is 0 Å². The predicted octanol–water partition coefficient (Wildman–Crippen LogP) is 2.68. The molecule has 0 heterocycles. The van der Waals surface area contributed by atoms with Crippen molar-refractivity contribution in [1.82, 2.24) is 5.48 Å². The molecule has 1 aromatic carbocycles. The van der Waals surface area contributed by atoms with Gasteiger partial charge in [-0.25, -0.2) is 0 Å². The Hall–Kier alpha value is -0.860. The highest BCUT2D eigenvalue weighted by Gasteiger charge is 2.02. The number of hydrogen-bond donors (Lipinski definition) is 1. The van der Waals surface area contributed by atoms with Gasteiger partial charge in [-0.1, -0.05) is 37.3 Å². The van der Waals surface area contributed by atoms with Crippen molar-refractivity contribution in [2.24, 2.45) is 0 Å². The Morgan fingerprint density at radius 1 is 1.31 bits per heavy atom. The lowest BCUT2D eigenvalue weighted by Crippen LogP contribution is -2.19. The van der Waals surface area contributed by atoms with Crippen LogP contribution >= 0.6 is 0 Å². The summed E-state index contributed by atoms with van der Waals surface area (Å²) in [6.07, 6.45) is 1.04. The van der Waals surface area contributed by atoms with Crippen molar-refractivity contribution in [3.05, 3.63) is 35.9 Å². The SMILES string of the molecule is CCCON[C@@H](C)c1ccccc1. The second-order valence-corrected chi connectivity index (χ2v) is 3.10. The molecule has 1 rings (SSSR count). The molecule has 2 nitrogen and oxygen atoms in total. The van der Waals surface area contributed by atoms with E-state index in [1.54, 1.807) is 0 Å². The number of rotatable bonds is 5. The van der Waals surface area contributed by atoms with E-state index in [4.69, 9.17) is 4.84 Å². The minimum absolute atomic E-state index is 0.257. The van der Waals surface area contributed by atoms with Crippen molar-refractivity contribution in [2.45, 2.75) is 26.3 Å². The number of hydrogen-bond acceptors (Lipinski definition) is 2. The fourth-order valence-electron chi connectivity index (χ4n) is 1.10. The van der Waals surface area contributed by atoms with Gasteiger partial charge in [-0.2, -0.15) is 5.48 Å². The molecule has 1 N–H and O–H groups in total. The first-order chi connectivity index (χ1) is 6.34. The summed E-state index contributed by atoms with van der Waals surface area (Å²) >= 11 is 0. The second kappa shape index (κ2) is 5.73. The van der Waals surface area contributed by atoms with Crippen LogP contribution in [0.15, 0.2) is 30.3 Å². The Morgan fingerprint density at radius 3 is 2.62 bits per heavy atom. The summed E-state index contributed by atoms with van der Waals surface area (Å²) in [5.74, 6) is 0. The van der Waals surface area contributed by atoms with Gasteiger partial charge < -0.3 is 4.84 Å². The van der Waals surface area contributed by atoms with Crippen LogP contribution in [0, 0.1) is 0 Å². The standard InChI is InChI=1S/C11H17NO/c1-3-9-13-12-10(2)11-7-5-4-6-8-11/h4-8,10,12H,3,9H2,1-2H3/t10-/m0/s1. The van der Waals surface area contributed by atoms with E-state index in [1.807, 2.05) is 18.2 Å². The number of nitrogens with one attached hydrogen (secondary N) is 1. The highest BCUT2D eigenvalue weighted by atomic mass is 16.6. The molecule has 13 heavy (non-hydrogen) atoms.